The number of nitrogen functional groups attached to an aromatic ring is 1. The minimum atomic E-state index is -0.207. The summed E-state index contributed by atoms with van der Waals surface area (Å²) in [7, 11) is 0. The van der Waals surface area contributed by atoms with Gasteiger partial charge in [0.1, 0.15) is 17.8 Å². The van der Waals surface area contributed by atoms with E-state index in [4.69, 9.17) is 10.5 Å². The molecule has 0 saturated carbocycles. The van der Waals surface area contributed by atoms with Gasteiger partial charge in [-0.15, -0.1) is 0 Å². The van der Waals surface area contributed by atoms with E-state index in [1.807, 2.05) is 17.9 Å². The number of piperidine rings is 1. The number of carbonyl (C=O) groups is 1. The summed E-state index contributed by atoms with van der Waals surface area (Å²) in [5.41, 5.74) is 7.64. The maximum absolute atomic E-state index is 14.1. The van der Waals surface area contributed by atoms with Gasteiger partial charge in [0.25, 0.3) is 0 Å². The maximum Gasteiger partial charge on any atom is 0.310 e. The van der Waals surface area contributed by atoms with E-state index >= 15 is 0 Å². The Morgan fingerprint density at radius 3 is 2.48 bits per heavy atom. The predicted molar refractivity (Wildman–Crippen MR) is 119 cm³/mol. The third-order valence-corrected chi connectivity index (χ3v) is 5.96. The van der Waals surface area contributed by atoms with Crippen molar-refractivity contribution in [2.45, 2.75) is 19.8 Å². The normalized spacial score (nSPS) is 19.4. The topological polar surface area (TPSA) is 87.8 Å². The molecule has 3 heterocycles. The number of piperazine rings is 1. The van der Waals surface area contributed by atoms with E-state index < -0.39 is 0 Å². The van der Waals surface area contributed by atoms with Gasteiger partial charge in [-0.2, -0.15) is 0 Å². The number of para-hydroxylation sites is 1. The van der Waals surface area contributed by atoms with Crippen molar-refractivity contribution in [3.8, 4) is 0 Å². The van der Waals surface area contributed by atoms with Crippen molar-refractivity contribution in [2.75, 3.05) is 66.3 Å². The average molecular weight is 429 g/mol. The lowest BCUT2D eigenvalue weighted by molar-refractivity contribution is -0.148. The Morgan fingerprint density at radius 1 is 1.10 bits per heavy atom. The summed E-state index contributed by atoms with van der Waals surface area (Å²) in [5, 5.41) is 0. The molecule has 0 spiro atoms. The van der Waals surface area contributed by atoms with E-state index in [0.29, 0.717) is 62.3 Å². The summed E-state index contributed by atoms with van der Waals surface area (Å²) < 4.78 is 19.3. The van der Waals surface area contributed by atoms with Crippen LogP contribution in [0.25, 0.3) is 0 Å². The molecule has 2 N–H and O–H groups in total. The van der Waals surface area contributed by atoms with Gasteiger partial charge in [0.15, 0.2) is 11.6 Å². The molecule has 0 amide bonds. The highest BCUT2D eigenvalue weighted by Crippen LogP contribution is 2.33. The minimum absolute atomic E-state index is 0.163. The van der Waals surface area contributed by atoms with Crippen LogP contribution in [0.5, 0.6) is 0 Å². The number of benzene rings is 1. The number of nitrogens with two attached hydrogens (primary N) is 1. The number of esters is 1. The zero-order valence-electron chi connectivity index (χ0n) is 17.8. The Balaban J connectivity index is 1.46. The molecule has 8 nitrogen and oxygen atoms in total. The second-order valence-electron chi connectivity index (χ2n) is 7.90. The largest absolute Gasteiger partial charge is 0.466 e. The molecule has 2 aromatic rings. The van der Waals surface area contributed by atoms with Crippen LogP contribution in [0.3, 0.4) is 0 Å². The molecule has 1 atom stereocenters. The average Bonchev–Trinajstić information content (AvgIpc) is 2.80. The lowest BCUT2D eigenvalue weighted by Crippen LogP contribution is -2.47. The molecule has 2 aliphatic heterocycles. The first-order chi connectivity index (χ1) is 15.1. The highest BCUT2D eigenvalue weighted by atomic mass is 19.1. The Kier molecular flexibility index (Phi) is 6.39. The fourth-order valence-electron chi connectivity index (χ4n) is 4.37. The standard InChI is InChI=1S/C22H29FN6O2/c1-2-31-22(30)16-6-5-9-29(14-16)21-19(24)20(25-15-26-21)28-12-10-27(11-13-28)18-8-4-3-7-17(18)23/h3-4,7-8,15-16H,2,5-6,9-14,24H2,1H3. The number of carbonyl (C=O) groups excluding carboxylic acids is 1. The number of hydrogen-bond donors (Lipinski definition) is 1. The van der Waals surface area contributed by atoms with Gasteiger partial charge in [0.2, 0.25) is 0 Å². The molecule has 1 aromatic heterocycles. The molecule has 0 bridgehead atoms. The van der Waals surface area contributed by atoms with Gasteiger partial charge in [-0.05, 0) is 31.9 Å². The molecule has 0 aliphatic carbocycles. The van der Waals surface area contributed by atoms with Gasteiger partial charge in [0.05, 0.1) is 18.2 Å². The zero-order valence-corrected chi connectivity index (χ0v) is 17.8. The Morgan fingerprint density at radius 2 is 1.77 bits per heavy atom. The SMILES string of the molecule is CCOC(=O)C1CCCN(c2ncnc(N3CCN(c4ccccc4F)CC3)c2N)C1. The Labute approximate surface area is 181 Å². The second-order valence-corrected chi connectivity index (χ2v) is 7.90. The van der Waals surface area contributed by atoms with Crippen LogP contribution in [-0.2, 0) is 9.53 Å². The summed E-state index contributed by atoms with van der Waals surface area (Å²) in [6, 6.07) is 6.84. The molecule has 2 saturated heterocycles. The Bertz CT molecular complexity index is 919. The van der Waals surface area contributed by atoms with E-state index in [-0.39, 0.29) is 17.7 Å². The molecule has 1 aromatic carbocycles. The number of anilines is 4. The van der Waals surface area contributed by atoms with Crippen molar-refractivity contribution in [3.63, 3.8) is 0 Å². The van der Waals surface area contributed by atoms with Crippen LogP contribution in [0, 0.1) is 11.7 Å². The fourth-order valence-corrected chi connectivity index (χ4v) is 4.37. The van der Waals surface area contributed by atoms with Crippen LogP contribution in [-0.4, -0.2) is 61.8 Å². The molecule has 166 valence electrons. The van der Waals surface area contributed by atoms with Crippen LogP contribution in [0.4, 0.5) is 27.4 Å². The molecule has 9 heteroatoms. The maximum atomic E-state index is 14.1. The van der Waals surface area contributed by atoms with E-state index in [1.165, 1.54) is 12.4 Å². The third kappa shape index (κ3) is 4.50. The molecular weight excluding hydrogens is 399 g/mol. The molecular formula is C22H29FN6O2. The van der Waals surface area contributed by atoms with Crippen LogP contribution in [0.15, 0.2) is 30.6 Å². The first-order valence-corrected chi connectivity index (χ1v) is 10.8. The summed E-state index contributed by atoms with van der Waals surface area (Å²) in [6.07, 6.45) is 3.22. The van der Waals surface area contributed by atoms with Crippen molar-refractivity contribution in [1.29, 1.82) is 0 Å². The third-order valence-electron chi connectivity index (χ3n) is 5.96. The minimum Gasteiger partial charge on any atom is -0.466 e. The molecule has 31 heavy (non-hydrogen) atoms. The summed E-state index contributed by atoms with van der Waals surface area (Å²) in [5.74, 6) is 0.813. The smallest absolute Gasteiger partial charge is 0.310 e. The first kappa shape index (κ1) is 21.1. The van der Waals surface area contributed by atoms with E-state index in [9.17, 15) is 9.18 Å². The van der Waals surface area contributed by atoms with Gasteiger partial charge in [-0.1, -0.05) is 12.1 Å². The van der Waals surface area contributed by atoms with Crippen molar-refractivity contribution in [1.82, 2.24) is 9.97 Å². The number of aromatic nitrogens is 2. The fraction of sp³-hybridized carbons (Fsp3) is 0.500. The molecule has 2 aliphatic rings. The molecule has 1 unspecified atom stereocenters. The van der Waals surface area contributed by atoms with E-state index in [0.717, 1.165) is 19.4 Å². The van der Waals surface area contributed by atoms with Crippen molar-refractivity contribution in [3.05, 3.63) is 36.4 Å². The second kappa shape index (κ2) is 9.36. The van der Waals surface area contributed by atoms with E-state index in [1.54, 1.807) is 12.1 Å². The first-order valence-electron chi connectivity index (χ1n) is 10.8. The van der Waals surface area contributed by atoms with Crippen LogP contribution in [0.2, 0.25) is 0 Å². The number of hydrogen-bond acceptors (Lipinski definition) is 8. The molecule has 4 rings (SSSR count). The number of ether oxygens (including phenoxy) is 1. The lowest BCUT2D eigenvalue weighted by atomic mass is 9.98. The van der Waals surface area contributed by atoms with Gasteiger partial charge in [0, 0.05) is 39.3 Å². The van der Waals surface area contributed by atoms with Gasteiger partial charge in [-0.3, -0.25) is 4.79 Å². The quantitative estimate of drug-likeness (QED) is 0.726. The van der Waals surface area contributed by atoms with Crippen LogP contribution in [0.1, 0.15) is 19.8 Å². The van der Waals surface area contributed by atoms with Crippen molar-refractivity contribution in [2.24, 2.45) is 5.92 Å². The van der Waals surface area contributed by atoms with Gasteiger partial charge >= 0.3 is 5.97 Å². The van der Waals surface area contributed by atoms with E-state index in [2.05, 4.69) is 19.8 Å². The number of rotatable bonds is 5. The summed E-state index contributed by atoms with van der Waals surface area (Å²) in [6.45, 7) is 6.24. The van der Waals surface area contributed by atoms with Gasteiger partial charge in [-0.25, -0.2) is 14.4 Å². The van der Waals surface area contributed by atoms with Crippen molar-refractivity contribution >= 4 is 29.0 Å². The van der Waals surface area contributed by atoms with Crippen molar-refractivity contribution < 1.29 is 13.9 Å². The molecule has 2 fully saturated rings. The number of halogens is 1. The monoisotopic (exact) mass is 428 g/mol. The van der Waals surface area contributed by atoms with Gasteiger partial charge < -0.3 is 25.2 Å². The summed E-state index contributed by atoms with van der Waals surface area (Å²) >= 11 is 0. The highest BCUT2D eigenvalue weighted by Gasteiger charge is 2.30. The Hall–Kier alpha value is -3.10. The predicted octanol–water partition coefficient (Wildman–Crippen LogP) is 2.30. The van der Waals surface area contributed by atoms with Crippen LogP contribution >= 0.6 is 0 Å². The summed E-state index contributed by atoms with van der Waals surface area (Å²) in [4.78, 5) is 27.3. The zero-order chi connectivity index (χ0) is 21.8. The molecule has 0 radical (unpaired) electrons. The van der Waals surface area contributed by atoms with Crippen LogP contribution < -0.4 is 20.4 Å². The lowest BCUT2D eigenvalue weighted by Gasteiger charge is -2.38. The highest BCUT2D eigenvalue weighted by molar-refractivity contribution is 5.78. The number of nitrogens with zero attached hydrogens (tertiary/aromatic N) is 5.